The molecule has 5 rings (SSSR count). The van der Waals surface area contributed by atoms with Crippen LogP contribution < -0.4 is 10.2 Å². The molecule has 0 bridgehead atoms. The van der Waals surface area contributed by atoms with E-state index in [4.69, 9.17) is 0 Å². The summed E-state index contributed by atoms with van der Waals surface area (Å²) in [6.07, 6.45) is 6.02. The minimum atomic E-state index is -1.15. The van der Waals surface area contributed by atoms with E-state index in [-0.39, 0.29) is 12.1 Å². The first-order chi connectivity index (χ1) is 14.5. The summed E-state index contributed by atoms with van der Waals surface area (Å²) in [6, 6.07) is 4.06. The number of rotatable bonds is 4. The number of nitrogens with one attached hydrogen (secondary N) is 1. The normalized spacial score (nSPS) is 19.7. The van der Waals surface area contributed by atoms with Crippen LogP contribution in [0.3, 0.4) is 0 Å². The molecule has 1 aromatic heterocycles. The predicted molar refractivity (Wildman–Crippen MR) is 109 cm³/mol. The van der Waals surface area contributed by atoms with Crippen LogP contribution in [-0.2, 0) is 6.54 Å². The van der Waals surface area contributed by atoms with E-state index >= 15 is 0 Å². The molecule has 1 aliphatic carbocycles. The van der Waals surface area contributed by atoms with Crippen LogP contribution in [0.5, 0.6) is 0 Å². The van der Waals surface area contributed by atoms with Crippen LogP contribution in [0.4, 0.5) is 24.5 Å². The third-order valence-electron chi connectivity index (χ3n) is 5.82. The van der Waals surface area contributed by atoms with Crippen molar-refractivity contribution in [1.82, 2.24) is 14.8 Å². The molecule has 156 valence electrons. The summed E-state index contributed by atoms with van der Waals surface area (Å²) in [6.45, 7) is 3.22. The Kier molecular flexibility index (Phi) is 5.15. The minimum absolute atomic E-state index is 0.188. The van der Waals surface area contributed by atoms with Gasteiger partial charge in [0.05, 0.1) is 0 Å². The van der Waals surface area contributed by atoms with Gasteiger partial charge in [0.25, 0.3) is 0 Å². The van der Waals surface area contributed by atoms with E-state index in [1.54, 1.807) is 6.20 Å². The monoisotopic (exact) mass is 475 g/mol. The van der Waals surface area contributed by atoms with Gasteiger partial charge in [-0.15, -0.1) is 0 Å². The summed E-state index contributed by atoms with van der Waals surface area (Å²) in [5.41, 5.74) is 2.34. The van der Waals surface area contributed by atoms with Gasteiger partial charge < -0.3 is 0 Å². The van der Waals surface area contributed by atoms with Crippen LogP contribution in [0, 0.1) is 17.5 Å². The van der Waals surface area contributed by atoms with Crippen molar-refractivity contribution >= 4 is 28.2 Å². The molecule has 0 spiro atoms. The molecular formula is C21H21AsF3N5. The van der Waals surface area contributed by atoms with E-state index in [0.29, 0.717) is 25.2 Å². The quantitative estimate of drug-likeness (QED) is 0.544. The number of hydrogen-bond donors (Lipinski definition) is 1. The third-order valence-corrected chi connectivity index (χ3v) is 6.47. The Hall–Kier alpha value is -2.18. The van der Waals surface area contributed by atoms with Crippen molar-refractivity contribution in [2.24, 2.45) is 0 Å². The van der Waals surface area contributed by atoms with Crippen LogP contribution in [0.2, 0.25) is 0 Å². The standard InChI is InChI=1S/C21H21AsF3N5/c22-20-21(30(14-1-2-14)19-11-26-4-3-18(19)27-20)29-7-5-28(6-8-29)12-13-9-16(24)17(25)10-15(13)23/h3-4,9-11,14,27H,1-2,5-8,12H2. The number of anilines is 2. The Morgan fingerprint density at radius 2 is 1.77 bits per heavy atom. The molecule has 1 saturated heterocycles. The van der Waals surface area contributed by atoms with Crippen LogP contribution in [-0.4, -0.2) is 63.9 Å². The molecule has 1 saturated carbocycles. The number of fused-ring (bicyclic) bond motifs is 1. The number of piperazine rings is 1. The molecule has 1 N–H and O–H groups in total. The average molecular weight is 475 g/mol. The molecule has 2 aromatic rings. The van der Waals surface area contributed by atoms with Gasteiger partial charge in [0.2, 0.25) is 0 Å². The Morgan fingerprint density at radius 1 is 1.03 bits per heavy atom. The molecule has 3 heterocycles. The van der Waals surface area contributed by atoms with Gasteiger partial charge in [-0.2, -0.15) is 0 Å². The van der Waals surface area contributed by atoms with Crippen molar-refractivity contribution < 1.29 is 13.2 Å². The van der Waals surface area contributed by atoms with Gasteiger partial charge in [-0.3, -0.25) is 0 Å². The molecule has 1 aromatic carbocycles. The molecule has 0 amide bonds. The Morgan fingerprint density at radius 3 is 2.50 bits per heavy atom. The fraction of sp³-hybridized carbons (Fsp3) is 0.381. The van der Waals surface area contributed by atoms with Crippen molar-refractivity contribution in [2.45, 2.75) is 25.4 Å². The molecular weight excluding hydrogens is 454 g/mol. The number of nitrogens with zero attached hydrogens (tertiary/aromatic N) is 4. The van der Waals surface area contributed by atoms with Crippen LogP contribution >= 0.6 is 0 Å². The second-order valence-corrected chi connectivity index (χ2v) is 8.85. The molecule has 2 radical (unpaired) electrons. The summed E-state index contributed by atoms with van der Waals surface area (Å²) in [4.78, 5) is 11.1. The first-order valence-electron chi connectivity index (χ1n) is 10.1. The Labute approximate surface area is 182 Å². The third kappa shape index (κ3) is 3.67. The molecule has 0 unspecified atom stereocenters. The summed E-state index contributed by atoms with van der Waals surface area (Å²) < 4.78 is 41.8. The predicted octanol–water partition coefficient (Wildman–Crippen LogP) is 3.01. The van der Waals surface area contributed by atoms with E-state index in [1.807, 2.05) is 12.3 Å². The van der Waals surface area contributed by atoms with Crippen LogP contribution in [0.1, 0.15) is 18.4 Å². The van der Waals surface area contributed by atoms with Gasteiger partial charge in [0.1, 0.15) is 0 Å². The van der Waals surface area contributed by atoms with Crippen molar-refractivity contribution in [1.29, 1.82) is 0 Å². The van der Waals surface area contributed by atoms with E-state index in [9.17, 15) is 13.2 Å². The SMILES string of the molecule is Fc1cc(F)c(CN2CCN(C3=C([As])Nc4ccncc4N3C3CC3)CC2)cc1F. The van der Waals surface area contributed by atoms with Crippen LogP contribution in [0.15, 0.2) is 40.9 Å². The topological polar surface area (TPSA) is 34.6 Å². The molecule has 3 aliphatic rings. The number of benzene rings is 1. The molecule has 9 heteroatoms. The van der Waals surface area contributed by atoms with Gasteiger partial charge in [-0.25, -0.2) is 0 Å². The number of hydrogen-bond acceptors (Lipinski definition) is 5. The summed E-state index contributed by atoms with van der Waals surface area (Å²) >= 11 is 2.63. The second kappa shape index (κ2) is 7.82. The molecule has 2 fully saturated rings. The molecule has 30 heavy (non-hydrogen) atoms. The van der Waals surface area contributed by atoms with Gasteiger partial charge in [0, 0.05) is 0 Å². The Bertz CT molecular complexity index is 1000. The summed E-state index contributed by atoms with van der Waals surface area (Å²) in [5, 5.41) is 3.48. The number of halogens is 3. The van der Waals surface area contributed by atoms with Gasteiger partial charge in [-0.1, -0.05) is 0 Å². The van der Waals surface area contributed by atoms with Crippen molar-refractivity contribution in [3.63, 3.8) is 0 Å². The first kappa shape index (κ1) is 19.8. The zero-order valence-corrected chi connectivity index (χ0v) is 18.2. The van der Waals surface area contributed by atoms with Crippen molar-refractivity contribution in [2.75, 3.05) is 36.4 Å². The van der Waals surface area contributed by atoms with Crippen molar-refractivity contribution in [3.05, 3.63) is 63.9 Å². The van der Waals surface area contributed by atoms with E-state index in [0.717, 1.165) is 53.7 Å². The van der Waals surface area contributed by atoms with E-state index in [2.05, 4.69) is 41.9 Å². The van der Waals surface area contributed by atoms with E-state index < -0.39 is 17.5 Å². The number of aromatic nitrogens is 1. The molecule has 0 atom stereocenters. The summed E-state index contributed by atoms with van der Waals surface area (Å²) in [5.74, 6) is -1.71. The molecule has 2 aliphatic heterocycles. The fourth-order valence-corrected chi connectivity index (χ4v) is 4.92. The van der Waals surface area contributed by atoms with Crippen LogP contribution in [0.25, 0.3) is 0 Å². The number of pyridine rings is 1. The van der Waals surface area contributed by atoms with Crippen molar-refractivity contribution in [3.8, 4) is 0 Å². The average Bonchev–Trinajstić information content (AvgIpc) is 3.57. The fourth-order valence-electron chi connectivity index (χ4n) is 4.14. The Balaban J connectivity index is 1.31. The maximum atomic E-state index is 14.0. The zero-order chi connectivity index (χ0) is 20.8. The molecule has 5 nitrogen and oxygen atoms in total. The van der Waals surface area contributed by atoms with Gasteiger partial charge in [-0.05, 0) is 0 Å². The zero-order valence-electron chi connectivity index (χ0n) is 16.3. The summed E-state index contributed by atoms with van der Waals surface area (Å²) in [7, 11) is 0. The first-order valence-corrected chi connectivity index (χ1v) is 11.0. The van der Waals surface area contributed by atoms with Gasteiger partial charge >= 0.3 is 182 Å². The maximum absolute atomic E-state index is 14.0. The second-order valence-electron chi connectivity index (χ2n) is 7.91. The van der Waals surface area contributed by atoms with E-state index in [1.165, 1.54) is 0 Å². The van der Waals surface area contributed by atoms with Gasteiger partial charge in [0.15, 0.2) is 0 Å².